The van der Waals surface area contributed by atoms with Crippen molar-refractivity contribution in [2.75, 3.05) is 27.9 Å². The van der Waals surface area contributed by atoms with Crippen LogP contribution in [0.4, 0.5) is 0 Å². The quantitative estimate of drug-likeness (QED) is 0.597. The molecule has 0 spiro atoms. The van der Waals surface area contributed by atoms with Crippen LogP contribution in [-0.4, -0.2) is 39.3 Å². The molecule has 0 amide bonds. The molecule has 1 saturated heterocycles. The van der Waals surface area contributed by atoms with Crippen molar-refractivity contribution in [2.24, 2.45) is 0 Å². The third-order valence-corrected chi connectivity index (χ3v) is 4.06. The topological polar surface area (TPSA) is 54.0 Å². The zero-order chi connectivity index (χ0) is 16.3. The van der Waals surface area contributed by atoms with E-state index < -0.39 is 5.60 Å². The number of hydrogen-bond acceptors (Lipinski definition) is 5. The Morgan fingerprint density at radius 2 is 1.77 bits per heavy atom. The third kappa shape index (κ3) is 2.81. The van der Waals surface area contributed by atoms with Crippen molar-refractivity contribution in [3.8, 4) is 17.2 Å². The molecule has 1 aliphatic rings. The number of rotatable bonds is 6. The molecular weight excluding hydrogens is 284 g/mol. The Labute approximate surface area is 130 Å². The third-order valence-electron chi connectivity index (χ3n) is 4.06. The molecule has 1 aliphatic heterocycles. The second-order valence-electron chi connectivity index (χ2n) is 5.40. The van der Waals surface area contributed by atoms with E-state index in [0.29, 0.717) is 35.0 Å². The van der Waals surface area contributed by atoms with Crippen LogP contribution in [0.1, 0.15) is 30.1 Å². The maximum Gasteiger partial charge on any atom is 0.203 e. The lowest BCUT2D eigenvalue weighted by atomic mass is 9.88. The van der Waals surface area contributed by atoms with Gasteiger partial charge in [0.15, 0.2) is 17.3 Å². The minimum absolute atomic E-state index is 0.177. The Balaban J connectivity index is 2.39. The number of methoxy groups -OCH3 is 3. The molecule has 120 valence electrons. The van der Waals surface area contributed by atoms with Crippen molar-refractivity contribution in [3.63, 3.8) is 0 Å². The molecular formula is C17H22O5. The molecule has 0 saturated carbocycles. The Hall–Kier alpha value is -2.01. The van der Waals surface area contributed by atoms with Gasteiger partial charge in [-0.15, -0.1) is 0 Å². The second kappa shape index (κ2) is 6.40. The van der Waals surface area contributed by atoms with Crippen LogP contribution in [0.25, 0.3) is 0 Å². The largest absolute Gasteiger partial charge is 0.493 e. The first-order valence-electron chi connectivity index (χ1n) is 7.15. The highest BCUT2D eigenvalue weighted by Crippen LogP contribution is 2.40. The van der Waals surface area contributed by atoms with Crippen LogP contribution < -0.4 is 14.2 Å². The lowest BCUT2D eigenvalue weighted by molar-refractivity contribution is 0.0475. The van der Waals surface area contributed by atoms with E-state index >= 15 is 0 Å². The van der Waals surface area contributed by atoms with Crippen LogP contribution in [0.5, 0.6) is 17.2 Å². The number of benzene rings is 1. The van der Waals surface area contributed by atoms with Gasteiger partial charge in [0, 0.05) is 17.7 Å². The zero-order valence-corrected chi connectivity index (χ0v) is 13.5. The van der Waals surface area contributed by atoms with Gasteiger partial charge >= 0.3 is 0 Å². The minimum atomic E-state index is -0.600. The lowest BCUT2D eigenvalue weighted by Crippen LogP contribution is -2.30. The summed E-state index contributed by atoms with van der Waals surface area (Å²) in [4.78, 5) is 12.7. The van der Waals surface area contributed by atoms with Crippen LogP contribution in [0.3, 0.4) is 0 Å². The Morgan fingerprint density at radius 1 is 1.18 bits per heavy atom. The molecule has 1 aromatic carbocycles. The Kier molecular flexibility index (Phi) is 4.76. The number of ketones is 1. The van der Waals surface area contributed by atoms with E-state index in [-0.39, 0.29) is 5.78 Å². The summed E-state index contributed by atoms with van der Waals surface area (Å²) in [6.07, 6.45) is 1.72. The van der Waals surface area contributed by atoms with Gasteiger partial charge in [-0.25, -0.2) is 0 Å². The van der Waals surface area contributed by atoms with Crippen LogP contribution >= 0.6 is 0 Å². The fourth-order valence-electron chi connectivity index (χ4n) is 2.64. The molecule has 2 rings (SSSR count). The first-order valence-corrected chi connectivity index (χ1v) is 7.15. The lowest BCUT2D eigenvalue weighted by Gasteiger charge is -2.25. The highest BCUT2D eigenvalue weighted by molar-refractivity contribution is 6.10. The van der Waals surface area contributed by atoms with Gasteiger partial charge in [-0.05, 0) is 31.9 Å². The van der Waals surface area contributed by atoms with Gasteiger partial charge in [0.2, 0.25) is 5.75 Å². The molecule has 0 bridgehead atoms. The molecule has 5 heteroatoms. The van der Waals surface area contributed by atoms with E-state index in [0.717, 1.165) is 12.8 Å². The summed E-state index contributed by atoms with van der Waals surface area (Å²) in [6.45, 7) is 6.50. The predicted molar refractivity (Wildman–Crippen MR) is 83.2 cm³/mol. The van der Waals surface area contributed by atoms with Crippen LogP contribution in [0.2, 0.25) is 0 Å². The normalized spacial score (nSPS) is 20.5. The first-order chi connectivity index (χ1) is 10.5. The summed E-state index contributed by atoms with van der Waals surface area (Å²) in [6, 6.07) is 3.26. The zero-order valence-electron chi connectivity index (χ0n) is 13.5. The van der Waals surface area contributed by atoms with E-state index in [2.05, 4.69) is 6.58 Å². The number of carbonyl (C=O) groups is 1. The summed E-state index contributed by atoms with van der Waals surface area (Å²) in [5.74, 6) is 1.16. The van der Waals surface area contributed by atoms with Gasteiger partial charge in [-0.3, -0.25) is 4.79 Å². The van der Waals surface area contributed by atoms with E-state index in [9.17, 15) is 4.79 Å². The molecule has 0 N–H and O–H groups in total. The fraction of sp³-hybridized carbons (Fsp3) is 0.471. The molecule has 0 aromatic heterocycles. The van der Waals surface area contributed by atoms with Crippen molar-refractivity contribution in [2.45, 2.75) is 25.4 Å². The molecule has 22 heavy (non-hydrogen) atoms. The summed E-state index contributed by atoms with van der Waals surface area (Å²) in [7, 11) is 4.55. The van der Waals surface area contributed by atoms with Gasteiger partial charge in [0.25, 0.3) is 0 Å². The molecule has 1 fully saturated rings. The van der Waals surface area contributed by atoms with Gasteiger partial charge in [-0.1, -0.05) is 6.58 Å². The maximum absolute atomic E-state index is 12.7. The van der Waals surface area contributed by atoms with Crippen LogP contribution in [0, 0.1) is 0 Å². The van der Waals surface area contributed by atoms with E-state index in [1.165, 1.54) is 21.3 Å². The van der Waals surface area contributed by atoms with Crippen LogP contribution in [0.15, 0.2) is 24.3 Å². The van der Waals surface area contributed by atoms with E-state index in [4.69, 9.17) is 18.9 Å². The summed E-state index contributed by atoms with van der Waals surface area (Å²) in [5.41, 5.74) is 0.285. The van der Waals surface area contributed by atoms with Crippen molar-refractivity contribution >= 4 is 5.78 Å². The van der Waals surface area contributed by atoms with Crippen LogP contribution in [-0.2, 0) is 4.74 Å². The minimum Gasteiger partial charge on any atom is -0.493 e. The van der Waals surface area contributed by atoms with Crippen molar-refractivity contribution in [1.82, 2.24) is 0 Å². The Bertz CT molecular complexity index is 560. The van der Waals surface area contributed by atoms with Gasteiger partial charge in [0.1, 0.15) is 0 Å². The standard InChI is InChI=1S/C17H22O5/c1-11(17(2)7-6-8-22-17)15(18)12-9-13(19-3)16(21-5)14(10-12)20-4/h9-10H,1,6-8H2,2-5H3/t17-/m0/s1. The molecule has 1 aromatic rings. The average Bonchev–Trinajstić information content (AvgIpc) is 2.99. The summed E-state index contributed by atoms with van der Waals surface area (Å²) < 4.78 is 21.5. The summed E-state index contributed by atoms with van der Waals surface area (Å²) >= 11 is 0. The SMILES string of the molecule is C=C(C(=O)c1cc(OC)c(OC)c(OC)c1)[C@]1(C)CCCO1. The van der Waals surface area contributed by atoms with E-state index in [1.807, 2.05) is 6.92 Å². The van der Waals surface area contributed by atoms with E-state index in [1.54, 1.807) is 12.1 Å². The number of ether oxygens (including phenoxy) is 4. The second-order valence-corrected chi connectivity index (χ2v) is 5.40. The fourth-order valence-corrected chi connectivity index (χ4v) is 2.64. The first kappa shape index (κ1) is 16.4. The molecule has 0 aliphatic carbocycles. The summed E-state index contributed by atoms with van der Waals surface area (Å²) in [5, 5.41) is 0. The van der Waals surface area contributed by atoms with Crippen molar-refractivity contribution in [3.05, 3.63) is 29.8 Å². The smallest absolute Gasteiger partial charge is 0.203 e. The molecule has 0 unspecified atom stereocenters. The van der Waals surface area contributed by atoms with Gasteiger partial charge in [-0.2, -0.15) is 0 Å². The van der Waals surface area contributed by atoms with Gasteiger partial charge < -0.3 is 18.9 Å². The average molecular weight is 306 g/mol. The number of carbonyl (C=O) groups excluding carboxylic acids is 1. The highest BCUT2D eigenvalue weighted by Gasteiger charge is 2.36. The van der Waals surface area contributed by atoms with Gasteiger partial charge in [0.05, 0.1) is 26.9 Å². The number of hydrogen-bond donors (Lipinski definition) is 0. The maximum atomic E-state index is 12.7. The molecule has 5 nitrogen and oxygen atoms in total. The molecule has 1 heterocycles. The van der Waals surface area contributed by atoms with Crippen molar-refractivity contribution < 1.29 is 23.7 Å². The molecule has 1 atom stereocenters. The Morgan fingerprint density at radius 3 is 2.18 bits per heavy atom. The van der Waals surface area contributed by atoms with Crippen molar-refractivity contribution in [1.29, 1.82) is 0 Å². The number of Topliss-reactive ketones (excluding diaryl/α,β-unsaturated/α-hetero) is 1. The molecule has 0 radical (unpaired) electrons. The predicted octanol–water partition coefficient (Wildman–Crippen LogP) is 3.02. The highest BCUT2D eigenvalue weighted by atomic mass is 16.5. The monoisotopic (exact) mass is 306 g/mol.